The Hall–Kier alpha value is -0.725. The molecule has 0 fully saturated rings. The van der Waals surface area contributed by atoms with Crippen LogP contribution in [0.2, 0.25) is 0 Å². The van der Waals surface area contributed by atoms with E-state index in [0.717, 1.165) is 12.7 Å². The summed E-state index contributed by atoms with van der Waals surface area (Å²) >= 11 is 0. The summed E-state index contributed by atoms with van der Waals surface area (Å²) < 4.78 is 11.4. The van der Waals surface area contributed by atoms with Crippen molar-refractivity contribution in [1.29, 1.82) is 0 Å². The van der Waals surface area contributed by atoms with E-state index < -0.39 is 22.1 Å². The van der Waals surface area contributed by atoms with Crippen molar-refractivity contribution in [2.45, 2.75) is 17.1 Å². The lowest BCUT2D eigenvalue weighted by Crippen LogP contribution is -2.55. The van der Waals surface area contributed by atoms with E-state index in [9.17, 15) is 19.6 Å². The normalized spacial score (nSPS) is 17.6. The highest BCUT2D eigenvalue weighted by Gasteiger charge is 2.37. The highest BCUT2D eigenvalue weighted by molar-refractivity contribution is 8.13. The molecule has 2 rings (SSSR count). The van der Waals surface area contributed by atoms with Gasteiger partial charge in [-0.1, -0.05) is 6.07 Å². The molecule has 8 heteroatoms. The molecule has 1 heterocycles. The van der Waals surface area contributed by atoms with Crippen molar-refractivity contribution in [3.8, 4) is 0 Å². The minimum absolute atomic E-state index is 0.139. The number of rotatable bonds is 2. The van der Waals surface area contributed by atoms with Gasteiger partial charge in [-0.15, -0.1) is 0 Å². The molecule has 1 aliphatic heterocycles. The molecule has 5 nitrogen and oxygen atoms in total. The van der Waals surface area contributed by atoms with Crippen LogP contribution in [-0.2, 0) is 16.8 Å². The van der Waals surface area contributed by atoms with Crippen LogP contribution in [0.15, 0.2) is 23.1 Å². The van der Waals surface area contributed by atoms with E-state index >= 15 is 0 Å². The van der Waals surface area contributed by atoms with Crippen molar-refractivity contribution in [3.63, 3.8) is 0 Å². The van der Waals surface area contributed by atoms with Crippen molar-refractivity contribution in [1.82, 2.24) is 4.90 Å². The highest BCUT2D eigenvalue weighted by atomic mass is 35.7. The van der Waals surface area contributed by atoms with Crippen LogP contribution in [0, 0.1) is 0 Å². The van der Waals surface area contributed by atoms with Gasteiger partial charge in [-0.2, -0.15) is 0 Å². The number of carbonyl (C=O) groups is 1. The van der Waals surface area contributed by atoms with E-state index in [1.807, 2.05) is 0 Å². The molecular formula is C10H11BClNO4S. The fraction of sp³-hybridized carbons (Fsp3) is 0.300. The van der Waals surface area contributed by atoms with E-state index in [-0.39, 0.29) is 6.54 Å². The smallest absolute Gasteiger partial charge is 0.257 e. The molecule has 0 radical (unpaired) electrons. The summed E-state index contributed by atoms with van der Waals surface area (Å²) in [6.07, 6.45) is 0.381. The predicted octanol–water partition coefficient (Wildman–Crippen LogP) is -0.825. The molecule has 1 atom stereocenters. The molecule has 1 amide bonds. The van der Waals surface area contributed by atoms with Gasteiger partial charge in [-0.25, -0.2) is 0 Å². The van der Waals surface area contributed by atoms with Gasteiger partial charge in [0.15, 0.2) is 21.4 Å². The molecule has 0 saturated carbocycles. The minimum Gasteiger partial charge on any atom is -0.594 e. The SMILES string of the molecule is BC(O)(O)N1CCc2c(cccc2[S+]([O-])Cl)C1=O. The Morgan fingerprint density at radius 1 is 1.50 bits per heavy atom. The zero-order valence-electron chi connectivity index (χ0n) is 9.59. The maximum Gasteiger partial charge on any atom is 0.257 e. The van der Waals surface area contributed by atoms with Gasteiger partial charge < -0.3 is 14.8 Å². The molecule has 2 N–H and O–H groups in total. The van der Waals surface area contributed by atoms with Crippen LogP contribution < -0.4 is 0 Å². The van der Waals surface area contributed by atoms with Crippen LogP contribution in [0.5, 0.6) is 0 Å². The fourth-order valence-corrected chi connectivity index (χ4v) is 3.07. The summed E-state index contributed by atoms with van der Waals surface area (Å²) in [5.41, 5.74) is 0.915. The van der Waals surface area contributed by atoms with Gasteiger partial charge in [0.2, 0.25) is 7.85 Å². The molecule has 0 spiro atoms. The van der Waals surface area contributed by atoms with Crippen LogP contribution in [0.25, 0.3) is 0 Å². The van der Waals surface area contributed by atoms with Crippen LogP contribution >= 0.6 is 10.7 Å². The van der Waals surface area contributed by atoms with E-state index in [1.54, 1.807) is 18.2 Å². The van der Waals surface area contributed by atoms with Gasteiger partial charge in [0.05, 0.1) is 0 Å². The zero-order chi connectivity index (χ0) is 13.5. The van der Waals surface area contributed by atoms with Gasteiger partial charge in [-0.3, -0.25) is 9.69 Å². The summed E-state index contributed by atoms with van der Waals surface area (Å²) in [5.74, 6) is -2.71. The molecule has 0 bridgehead atoms. The number of halogens is 1. The summed E-state index contributed by atoms with van der Waals surface area (Å²) in [6.45, 7) is 0.139. The van der Waals surface area contributed by atoms with Gasteiger partial charge >= 0.3 is 0 Å². The number of amides is 1. The maximum atomic E-state index is 12.1. The summed E-state index contributed by atoms with van der Waals surface area (Å²) in [7, 11) is 5.00. The molecule has 0 saturated heterocycles. The Kier molecular flexibility index (Phi) is 3.62. The molecule has 1 unspecified atom stereocenters. The number of carbonyl (C=O) groups excluding carboxylic acids is 1. The molecule has 96 valence electrons. The lowest BCUT2D eigenvalue weighted by molar-refractivity contribution is -0.178. The predicted molar refractivity (Wildman–Crippen MR) is 69.2 cm³/mol. The summed E-state index contributed by atoms with van der Waals surface area (Å²) in [6, 6.07) is 4.73. The lowest BCUT2D eigenvalue weighted by Gasteiger charge is -2.36. The van der Waals surface area contributed by atoms with Crippen molar-refractivity contribution < 1.29 is 19.6 Å². The van der Waals surface area contributed by atoms with Crippen LogP contribution in [0.3, 0.4) is 0 Å². The van der Waals surface area contributed by atoms with Crippen LogP contribution in [-0.4, -0.2) is 45.8 Å². The third-order valence-corrected chi connectivity index (χ3v) is 4.11. The molecule has 18 heavy (non-hydrogen) atoms. The molecule has 1 aliphatic rings. The quantitative estimate of drug-likeness (QED) is 0.423. The van der Waals surface area contributed by atoms with Crippen molar-refractivity contribution in [3.05, 3.63) is 29.3 Å². The van der Waals surface area contributed by atoms with Crippen molar-refractivity contribution in [2.24, 2.45) is 0 Å². The Bertz CT molecular complexity index is 491. The first kappa shape index (κ1) is 13.7. The summed E-state index contributed by atoms with van der Waals surface area (Å²) in [5, 5.41) is 19.0. The highest BCUT2D eigenvalue weighted by Crippen LogP contribution is 2.29. The van der Waals surface area contributed by atoms with E-state index in [1.165, 1.54) is 0 Å². The van der Waals surface area contributed by atoms with Crippen LogP contribution in [0.1, 0.15) is 15.9 Å². The minimum atomic E-state index is -2.20. The van der Waals surface area contributed by atoms with E-state index in [4.69, 9.17) is 10.7 Å². The molecule has 1 aromatic rings. The summed E-state index contributed by atoms with van der Waals surface area (Å²) in [4.78, 5) is 13.5. The number of aliphatic hydroxyl groups is 2. The topological polar surface area (TPSA) is 83.8 Å². The zero-order valence-corrected chi connectivity index (χ0v) is 11.2. The third kappa shape index (κ3) is 2.37. The van der Waals surface area contributed by atoms with E-state index in [0.29, 0.717) is 22.4 Å². The van der Waals surface area contributed by atoms with Gasteiger partial charge in [0.25, 0.3) is 5.91 Å². The van der Waals surface area contributed by atoms with Crippen LogP contribution in [0.4, 0.5) is 0 Å². The number of fused-ring (bicyclic) bond motifs is 1. The monoisotopic (exact) mass is 287 g/mol. The van der Waals surface area contributed by atoms with Crippen molar-refractivity contribution >= 4 is 34.8 Å². The second-order valence-electron chi connectivity index (χ2n) is 4.18. The number of hydrogen-bond acceptors (Lipinski definition) is 4. The van der Waals surface area contributed by atoms with Gasteiger partial charge in [0, 0.05) is 17.7 Å². The Labute approximate surface area is 112 Å². The van der Waals surface area contributed by atoms with E-state index in [2.05, 4.69) is 0 Å². The molecule has 0 aliphatic carbocycles. The second kappa shape index (κ2) is 4.75. The van der Waals surface area contributed by atoms with Crippen molar-refractivity contribution in [2.75, 3.05) is 6.54 Å². The third-order valence-electron chi connectivity index (χ3n) is 2.88. The Balaban J connectivity index is 2.46. The number of hydrogen-bond donors (Lipinski definition) is 2. The first-order chi connectivity index (χ1) is 8.32. The Morgan fingerprint density at radius 2 is 2.17 bits per heavy atom. The lowest BCUT2D eigenvalue weighted by atomic mass is 9.94. The maximum absolute atomic E-state index is 12.1. The molecule has 0 aromatic heterocycles. The first-order valence-corrected chi connectivity index (χ1v) is 7.26. The fourth-order valence-electron chi connectivity index (χ4n) is 2.05. The Morgan fingerprint density at radius 3 is 2.72 bits per heavy atom. The standard InChI is InChI=1S/C10H11BClNO4S/c11-10(15,16)13-5-4-6-7(9(13)14)2-1-3-8(6)18(12)17/h1-3,15-16H,4-5,11H2. The average Bonchev–Trinajstić information content (AvgIpc) is 2.27. The molecule has 1 aromatic carbocycles. The van der Waals surface area contributed by atoms with Gasteiger partial charge in [0.1, 0.15) is 10.4 Å². The average molecular weight is 288 g/mol. The number of nitrogens with zero attached hydrogens (tertiary/aromatic N) is 1. The molecular weight excluding hydrogens is 276 g/mol. The first-order valence-electron chi connectivity index (χ1n) is 5.29. The number of benzene rings is 1. The second-order valence-corrected chi connectivity index (χ2v) is 5.91. The van der Waals surface area contributed by atoms with Gasteiger partial charge in [-0.05, 0) is 18.6 Å². The largest absolute Gasteiger partial charge is 0.594 e.